The first-order chi connectivity index (χ1) is 7.52. The van der Waals surface area contributed by atoms with Crippen LogP contribution in [0.25, 0.3) is 0 Å². The standard InChI is InChI=1S/C11H14BrF2NO/c1-7(15)11(16-6-10(13)14)8-4-2-3-5-9(8)12/h2-5,7,10-11H,6,15H2,1H3. The zero-order chi connectivity index (χ0) is 12.1. The molecule has 0 amide bonds. The zero-order valence-electron chi connectivity index (χ0n) is 8.87. The number of nitrogens with two attached hydrogens (primary N) is 1. The molecule has 0 heterocycles. The lowest BCUT2D eigenvalue weighted by Crippen LogP contribution is -2.28. The molecule has 0 aliphatic rings. The van der Waals surface area contributed by atoms with E-state index in [9.17, 15) is 8.78 Å². The minimum absolute atomic E-state index is 0.350. The minimum Gasteiger partial charge on any atom is -0.366 e. The molecule has 1 aromatic carbocycles. The predicted octanol–water partition coefficient (Wildman–Crippen LogP) is 3.12. The van der Waals surface area contributed by atoms with Gasteiger partial charge in [-0.05, 0) is 18.6 Å². The molecule has 2 nitrogen and oxygen atoms in total. The maximum Gasteiger partial charge on any atom is 0.261 e. The third-order valence-corrected chi connectivity index (χ3v) is 2.81. The molecule has 2 atom stereocenters. The van der Waals surface area contributed by atoms with Gasteiger partial charge in [0.1, 0.15) is 6.61 Å². The highest BCUT2D eigenvalue weighted by Crippen LogP contribution is 2.28. The quantitative estimate of drug-likeness (QED) is 0.905. The summed E-state index contributed by atoms with van der Waals surface area (Å²) in [6.07, 6.45) is -3.01. The summed E-state index contributed by atoms with van der Waals surface area (Å²) in [5.74, 6) is 0. The summed E-state index contributed by atoms with van der Waals surface area (Å²) in [4.78, 5) is 0. The monoisotopic (exact) mass is 293 g/mol. The Labute approximate surface area is 102 Å². The Morgan fingerprint density at radius 1 is 1.38 bits per heavy atom. The zero-order valence-corrected chi connectivity index (χ0v) is 10.5. The van der Waals surface area contributed by atoms with Crippen LogP contribution in [0.3, 0.4) is 0 Å². The van der Waals surface area contributed by atoms with Crippen molar-refractivity contribution in [1.29, 1.82) is 0 Å². The SMILES string of the molecule is CC(N)C(OCC(F)F)c1ccccc1Br. The van der Waals surface area contributed by atoms with Gasteiger partial charge < -0.3 is 10.5 Å². The molecule has 16 heavy (non-hydrogen) atoms. The summed E-state index contributed by atoms with van der Waals surface area (Å²) >= 11 is 3.35. The molecule has 90 valence electrons. The maximum atomic E-state index is 12.1. The van der Waals surface area contributed by atoms with E-state index >= 15 is 0 Å². The van der Waals surface area contributed by atoms with Crippen molar-refractivity contribution < 1.29 is 13.5 Å². The average Bonchev–Trinajstić information content (AvgIpc) is 2.20. The number of ether oxygens (including phenoxy) is 1. The largest absolute Gasteiger partial charge is 0.366 e. The van der Waals surface area contributed by atoms with Gasteiger partial charge in [0, 0.05) is 10.5 Å². The number of hydrogen-bond donors (Lipinski definition) is 1. The first-order valence-corrected chi connectivity index (χ1v) is 5.71. The van der Waals surface area contributed by atoms with E-state index in [1.165, 1.54) is 0 Å². The van der Waals surface area contributed by atoms with Crippen molar-refractivity contribution in [2.24, 2.45) is 5.73 Å². The van der Waals surface area contributed by atoms with Crippen molar-refractivity contribution in [3.63, 3.8) is 0 Å². The summed E-state index contributed by atoms with van der Waals surface area (Å²) in [6.45, 7) is 1.13. The van der Waals surface area contributed by atoms with Gasteiger partial charge in [-0.1, -0.05) is 34.1 Å². The lowest BCUT2D eigenvalue weighted by molar-refractivity contribution is -0.0328. The van der Waals surface area contributed by atoms with Crippen LogP contribution in [-0.4, -0.2) is 19.1 Å². The van der Waals surface area contributed by atoms with Gasteiger partial charge >= 0.3 is 0 Å². The normalized spacial score (nSPS) is 15.1. The van der Waals surface area contributed by atoms with Crippen LogP contribution < -0.4 is 5.73 Å². The molecule has 2 N–H and O–H groups in total. The molecule has 2 unspecified atom stereocenters. The van der Waals surface area contributed by atoms with E-state index in [-0.39, 0.29) is 6.04 Å². The van der Waals surface area contributed by atoms with Crippen LogP contribution >= 0.6 is 15.9 Å². The van der Waals surface area contributed by atoms with E-state index in [1.807, 2.05) is 24.3 Å². The van der Waals surface area contributed by atoms with Gasteiger partial charge in [0.15, 0.2) is 0 Å². The van der Waals surface area contributed by atoms with Crippen LogP contribution in [0.2, 0.25) is 0 Å². The highest BCUT2D eigenvalue weighted by atomic mass is 79.9. The Bertz CT molecular complexity index is 334. The van der Waals surface area contributed by atoms with E-state index in [0.717, 1.165) is 10.0 Å². The van der Waals surface area contributed by atoms with E-state index < -0.39 is 19.1 Å². The van der Waals surface area contributed by atoms with Gasteiger partial charge in [-0.3, -0.25) is 0 Å². The van der Waals surface area contributed by atoms with Gasteiger partial charge in [-0.25, -0.2) is 8.78 Å². The summed E-state index contributed by atoms with van der Waals surface area (Å²) in [5.41, 5.74) is 6.52. The number of benzene rings is 1. The lowest BCUT2D eigenvalue weighted by atomic mass is 10.0. The van der Waals surface area contributed by atoms with E-state index in [2.05, 4.69) is 15.9 Å². The summed E-state index contributed by atoms with van der Waals surface area (Å²) in [7, 11) is 0. The Morgan fingerprint density at radius 3 is 2.50 bits per heavy atom. The molecular weight excluding hydrogens is 280 g/mol. The minimum atomic E-state index is -2.48. The van der Waals surface area contributed by atoms with E-state index in [1.54, 1.807) is 6.92 Å². The molecule has 5 heteroatoms. The fraction of sp³-hybridized carbons (Fsp3) is 0.455. The Kier molecular flexibility index (Phi) is 5.31. The molecule has 0 fully saturated rings. The van der Waals surface area contributed by atoms with Crippen LogP contribution in [0.1, 0.15) is 18.6 Å². The Morgan fingerprint density at radius 2 is 2.00 bits per heavy atom. The van der Waals surface area contributed by atoms with Crippen LogP contribution in [-0.2, 0) is 4.74 Å². The fourth-order valence-corrected chi connectivity index (χ4v) is 1.92. The molecule has 0 saturated carbocycles. The van der Waals surface area contributed by atoms with E-state index in [0.29, 0.717) is 0 Å². The van der Waals surface area contributed by atoms with Crippen molar-refractivity contribution >= 4 is 15.9 Å². The topological polar surface area (TPSA) is 35.2 Å². The average molecular weight is 294 g/mol. The third-order valence-electron chi connectivity index (χ3n) is 2.09. The van der Waals surface area contributed by atoms with E-state index in [4.69, 9.17) is 10.5 Å². The molecule has 0 aliphatic carbocycles. The molecule has 0 aliphatic heterocycles. The first kappa shape index (κ1) is 13.5. The molecule has 0 aromatic heterocycles. The summed E-state index contributed by atoms with van der Waals surface area (Å²) in [5, 5.41) is 0. The molecule has 0 saturated heterocycles. The van der Waals surface area contributed by atoms with Gasteiger partial charge in [0.05, 0.1) is 6.10 Å². The number of hydrogen-bond acceptors (Lipinski definition) is 2. The van der Waals surface area contributed by atoms with Gasteiger partial charge in [0.25, 0.3) is 6.43 Å². The molecule has 0 radical (unpaired) electrons. The number of alkyl halides is 2. The highest BCUT2D eigenvalue weighted by Gasteiger charge is 2.20. The number of halogens is 3. The second-order valence-electron chi connectivity index (χ2n) is 3.53. The van der Waals surface area contributed by atoms with Crippen molar-refractivity contribution in [2.45, 2.75) is 25.5 Å². The second-order valence-corrected chi connectivity index (χ2v) is 4.38. The van der Waals surface area contributed by atoms with Gasteiger partial charge in [-0.15, -0.1) is 0 Å². The molecule has 1 rings (SSSR count). The Balaban J connectivity index is 2.82. The van der Waals surface area contributed by atoms with Crippen LogP contribution in [0.5, 0.6) is 0 Å². The Hall–Kier alpha value is -0.520. The summed E-state index contributed by atoms with van der Waals surface area (Å²) in [6, 6.07) is 6.96. The van der Waals surface area contributed by atoms with Gasteiger partial charge in [0.2, 0.25) is 0 Å². The second kappa shape index (κ2) is 6.27. The van der Waals surface area contributed by atoms with Crippen molar-refractivity contribution in [3.8, 4) is 0 Å². The predicted molar refractivity (Wildman–Crippen MR) is 62.5 cm³/mol. The maximum absolute atomic E-state index is 12.1. The third kappa shape index (κ3) is 3.81. The first-order valence-electron chi connectivity index (χ1n) is 4.92. The number of rotatable bonds is 5. The molecule has 1 aromatic rings. The molecular formula is C11H14BrF2NO. The summed E-state index contributed by atoms with van der Waals surface area (Å²) < 4.78 is 30.1. The van der Waals surface area contributed by atoms with Crippen LogP contribution in [0.15, 0.2) is 28.7 Å². The lowest BCUT2D eigenvalue weighted by Gasteiger charge is -2.22. The van der Waals surface area contributed by atoms with Crippen molar-refractivity contribution in [2.75, 3.05) is 6.61 Å². The smallest absolute Gasteiger partial charge is 0.261 e. The van der Waals surface area contributed by atoms with Crippen LogP contribution in [0.4, 0.5) is 8.78 Å². The molecule has 0 bridgehead atoms. The fourth-order valence-electron chi connectivity index (χ4n) is 1.41. The van der Waals surface area contributed by atoms with Crippen molar-refractivity contribution in [3.05, 3.63) is 34.3 Å². The highest BCUT2D eigenvalue weighted by molar-refractivity contribution is 9.10. The van der Waals surface area contributed by atoms with Crippen LogP contribution in [0, 0.1) is 0 Å². The van der Waals surface area contributed by atoms with Crippen molar-refractivity contribution in [1.82, 2.24) is 0 Å². The van der Waals surface area contributed by atoms with Gasteiger partial charge in [-0.2, -0.15) is 0 Å². The molecule has 0 spiro atoms.